The summed E-state index contributed by atoms with van der Waals surface area (Å²) in [7, 11) is 0. The fourth-order valence-corrected chi connectivity index (χ4v) is 1.20. The van der Waals surface area contributed by atoms with Crippen molar-refractivity contribution in [2.75, 3.05) is 0 Å². The maximum atomic E-state index is 9.37. The van der Waals surface area contributed by atoms with Gasteiger partial charge in [0, 0.05) is 0 Å². The van der Waals surface area contributed by atoms with Gasteiger partial charge in [-0.05, 0) is 32.8 Å². The molecule has 70 valence electrons. The van der Waals surface area contributed by atoms with Crippen molar-refractivity contribution < 1.29 is 9.84 Å². The number of ether oxygens (including phenoxy) is 1. The van der Waals surface area contributed by atoms with Gasteiger partial charge in [0.05, 0.1) is 11.7 Å². The van der Waals surface area contributed by atoms with Crippen LogP contribution in [0.4, 0.5) is 0 Å². The van der Waals surface area contributed by atoms with E-state index in [1.165, 1.54) is 6.08 Å². The van der Waals surface area contributed by atoms with Gasteiger partial charge >= 0.3 is 0 Å². The Hall–Kier alpha value is -0.380. The first kappa shape index (κ1) is 9.71. The molecule has 2 unspecified atom stereocenters. The van der Waals surface area contributed by atoms with E-state index in [9.17, 15) is 5.11 Å². The number of epoxide rings is 1. The van der Waals surface area contributed by atoms with Crippen molar-refractivity contribution in [3.63, 3.8) is 0 Å². The summed E-state index contributed by atoms with van der Waals surface area (Å²) in [5.41, 5.74) is 4.21. The number of aliphatic hydroxyl groups is 1. The van der Waals surface area contributed by atoms with E-state index in [0.717, 1.165) is 6.42 Å². The fourth-order valence-electron chi connectivity index (χ4n) is 1.20. The Labute approximate surface area is 73.2 Å². The first-order valence-corrected chi connectivity index (χ1v) is 4.20. The minimum atomic E-state index is -1.23. The summed E-state index contributed by atoms with van der Waals surface area (Å²) in [5, 5.41) is 9.37. The third kappa shape index (κ3) is 2.30. The lowest BCUT2D eigenvalue weighted by Gasteiger charge is -2.17. The van der Waals surface area contributed by atoms with Crippen LogP contribution in [-0.2, 0) is 4.74 Å². The lowest BCUT2D eigenvalue weighted by molar-refractivity contribution is 0.0840. The van der Waals surface area contributed by atoms with Crippen molar-refractivity contribution in [1.82, 2.24) is 0 Å². The van der Waals surface area contributed by atoms with Gasteiger partial charge in [0.1, 0.15) is 5.72 Å². The van der Waals surface area contributed by atoms with Gasteiger partial charge in [-0.3, -0.25) is 0 Å². The Balaban J connectivity index is 2.24. The maximum absolute atomic E-state index is 9.37. The van der Waals surface area contributed by atoms with Crippen LogP contribution in [0.2, 0.25) is 0 Å². The molecule has 1 fully saturated rings. The molecule has 2 atom stereocenters. The Kier molecular flexibility index (Phi) is 2.29. The van der Waals surface area contributed by atoms with Crippen molar-refractivity contribution in [2.45, 2.75) is 44.1 Å². The molecule has 0 radical (unpaired) electrons. The zero-order chi connectivity index (χ0) is 9.41. The third-order valence-corrected chi connectivity index (χ3v) is 2.32. The quantitative estimate of drug-likeness (QED) is 0.373. The normalized spacial score (nSPS) is 30.8. The van der Waals surface area contributed by atoms with Gasteiger partial charge in [-0.1, -0.05) is 6.58 Å². The Morgan fingerprint density at radius 3 is 2.58 bits per heavy atom. The highest BCUT2D eigenvalue weighted by molar-refractivity contribution is 4.98. The van der Waals surface area contributed by atoms with Gasteiger partial charge in [0.15, 0.2) is 0 Å². The summed E-state index contributed by atoms with van der Waals surface area (Å²) in [6.45, 7) is 7.51. The highest BCUT2D eigenvalue weighted by atomic mass is 16.6. The Morgan fingerprint density at radius 1 is 1.75 bits per heavy atom. The van der Waals surface area contributed by atoms with Crippen molar-refractivity contribution >= 4 is 0 Å². The molecular formula is C9H17NO2. The number of nitrogens with two attached hydrogens (primary N) is 1. The summed E-state index contributed by atoms with van der Waals surface area (Å²) in [6.07, 6.45) is 2.89. The molecule has 3 N–H and O–H groups in total. The summed E-state index contributed by atoms with van der Waals surface area (Å²) in [5.74, 6) is 0. The second kappa shape index (κ2) is 2.83. The minimum Gasteiger partial charge on any atom is -0.372 e. The molecule has 1 saturated heterocycles. The molecule has 3 nitrogen and oxygen atoms in total. The van der Waals surface area contributed by atoms with Crippen LogP contribution in [0.15, 0.2) is 12.7 Å². The van der Waals surface area contributed by atoms with Crippen LogP contribution in [0.5, 0.6) is 0 Å². The van der Waals surface area contributed by atoms with Crippen LogP contribution in [0, 0.1) is 0 Å². The molecule has 0 bridgehead atoms. The highest BCUT2D eigenvalue weighted by Crippen LogP contribution is 2.38. The molecule has 1 heterocycles. The largest absolute Gasteiger partial charge is 0.372 e. The zero-order valence-electron chi connectivity index (χ0n) is 7.71. The van der Waals surface area contributed by atoms with E-state index in [-0.39, 0.29) is 11.7 Å². The van der Waals surface area contributed by atoms with Crippen LogP contribution >= 0.6 is 0 Å². The summed E-state index contributed by atoms with van der Waals surface area (Å²) >= 11 is 0. The van der Waals surface area contributed by atoms with Gasteiger partial charge in [0.25, 0.3) is 0 Å². The Morgan fingerprint density at radius 2 is 2.25 bits per heavy atom. The van der Waals surface area contributed by atoms with Crippen molar-refractivity contribution in [3.05, 3.63) is 12.7 Å². The number of hydrogen-bond donors (Lipinski definition) is 2. The van der Waals surface area contributed by atoms with E-state index < -0.39 is 5.72 Å². The molecular weight excluding hydrogens is 154 g/mol. The van der Waals surface area contributed by atoms with E-state index in [1.54, 1.807) is 0 Å². The average molecular weight is 171 g/mol. The van der Waals surface area contributed by atoms with Gasteiger partial charge in [-0.2, -0.15) is 0 Å². The fraction of sp³-hybridized carbons (Fsp3) is 0.778. The molecule has 1 aliphatic heterocycles. The summed E-state index contributed by atoms with van der Waals surface area (Å²) in [4.78, 5) is 0. The van der Waals surface area contributed by atoms with Gasteiger partial charge in [-0.25, -0.2) is 0 Å². The van der Waals surface area contributed by atoms with E-state index >= 15 is 0 Å². The second-order valence-corrected chi connectivity index (χ2v) is 3.94. The van der Waals surface area contributed by atoms with Gasteiger partial charge < -0.3 is 15.6 Å². The average Bonchev–Trinajstić information content (AvgIpc) is 2.56. The molecule has 0 aromatic rings. The molecule has 3 heteroatoms. The smallest absolute Gasteiger partial charge is 0.132 e. The van der Waals surface area contributed by atoms with E-state index in [0.29, 0.717) is 6.42 Å². The lowest BCUT2D eigenvalue weighted by atomic mass is 10.0. The standard InChI is InChI=1S/C9H17NO2/c1-4-9(10,11)6-5-7-8(2,3)12-7/h4,7,11H,1,5-6,10H2,2-3H3. The van der Waals surface area contributed by atoms with Crippen molar-refractivity contribution in [2.24, 2.45) is 5.73 Å². The molecule has 0 spiro atoms. The molecule has 12 heavy (non-hydrogen) atoms. The number of hydrogen-bond acceptors (Lipinski definition) is 3. The summed E-state index contributed by atoms with van der Waals surface area (Å²) < 4.78 is 5.34. The van der Waals surface area contributed by atoms with Crippen LogP contribution in [0.25, 0.3) is 0 Å². The second-order valence-electron chi connectivity index (χ2n) is 3.94. The highest BCUT2D eigenvalue weighted by Gasteiger charge is 2.47. The molecule has 0 aromatic heterocycles. The van der Waals surface area contributed by atoms with Gasteiger partial charge in [0.2, 0.25) is 0 Å². The predicted molar refractivity (Wildman–Crippen MR) is 47.5 cm³/mol. The van der Waals surface area contributed by atoms with Crippen LogP contribution in [0.1, 0.15) is 26.7 Å². The minimum absolute atomic E-state index is 0.0166. The molecule has 0 saturated carbocycles. The first-order chi connectivity index (χ1) is 5.37. The molecule has 0 amide bonds. The van der Waals surface area contributed by atoms with Crippen LogP contribution in [0.3, 0.4) is 0 Å². The van der Waals surface area contributed by atoms with Crippen LogP contribution < -0.4 is 5.73 Å². The van der Waals surface area contributed by atoms with Gasteiger partial charge in [-0.15, -0.1) is 0 Å². The van der Waals surface area contributed by atoms with Crippen molar-refractivity contribution in [1.29, 1.82) is 0 Å². The molecule has 0 aromatic carbocycles. The maximum Gasteiger partial charge on any atom is 0.132 e. The first-order valence-electron chi connectivity index (χ1n) is 4.20. The molecule has 1 aliphatic rings. The predicted octanol–water partition coefficient (Wildman–Crippen LogP) is 0.777. The van der Waals surface area contributed by atoms with E-state index in [1.807, 2.05) is 13.8 Å². The monoisotopic (exact) mass is 171 g/mol. The van der Waals surface area contributed by atoms with E-state index in [2.05, 4.69) is 6.58 Å². The lowest BCUT2D eigenvalue weighted by Crippen LogP contribution is -2.37. The SMILES string of the molecule is C=CC(N)(O)CCC1OC1(C)C. The number of rotatable bonds is 4. The Bertz CT molecular complexity index is 187. The summed E-state index contributed by atoms with van der Waals surface area (Å²) in [6, 6.07) is 0. The zero-order valence-corrected chi connectivity index (χ0v) is 7.71. The van der Waals surface area contributed by atoms with E-state index in [4.69, 9.17) is 10.5 Å². The molecule has 1 rings (SSSR count). The van der Waals surface area contributed by atoms with Crippen LogP contribution in [-0.4, -0.2) is 22.5 Å². The van der Waals surface area contributed by atoms with Crippen molar-refractivity contribution in [3.8, 4) is 0 Å². The topological polar surface area (TPSA) is 58.8 Å². The molecule has 0 aliphatic carbocycles. The third-order valence-electron chi connectivity index (χ3n) is 2.32.